The molecule has 1 heterocycles. The molecule has 0 saturated carbocycles. The fourth-order valence-corrected chi connectivity index (χ4v) is 1.20. The molecule has 0 fully saturated rings. The first kappa shape index (κ1) is 12.1. The first-order valence-electron chi connectivity index (χ1n) is 4.82. The van der Waals surface area contributed by atoms with Gasteiger partial charge in [-0.3, -0.25) is 15.1 Å². The number of rotatable bonds is 4. The minimum absolute atomic E-state index is 0.00151. The maximum Gasteiger partial charge on any atom is 0.318 e. The second kappa shape index (κ2) is 5.82. The first-order valence-corrected chi connectivity index (χ1v) is 4.82. The van der Waals surface area contributed by atoms with Crippen LogP contribution in [0.3, 0.4) is 0 Å². The number of amides is 3. The van der Waals surface area contributed by atoms with Gasteiger partial charge in [0.15, 0.2) is 0 Å². The number of carbonyl (C=O) groups is 2. The Morgan fingerprint density at radius 1 is 1.44 bits per heavy atom. The van der Waals surface area contributed by atoms with Crippen LogP contribution >= 0.6 is 0 Å². The smallest absolute Gasteiger partial charge is 0.318 e. The molecule has 86 valence electrons. The maximum absolute atomic E-state index is 11.1. The third-order valence-corrected chi connectivity index (χ3v) is 2.04. The molecule has 0 aliphatic heterocycles. The number of nitrogens with one attached hydrogen (secondary N) is 2. The summed E-state index contributed by atoms with van der Waals surface area (Å²) >= 11 is 0. The van der Waals surface area contributed by atoms with Crippen LogP contribution in [-0.2, 0) is 4.79 Å². The molecular formula is C10H14N4O2. The minimum atomic E-state index is -0.844. The molecule has 0 saturated heterocycles. The number of imide groups is 1. The van der Waals surface area contributed by atoms with Crippen LogP contribution in [0.2, 0.25) is 0 Å². The van der Waals surface area contributed by atoms with Gasteiger partial charge in [0, 0.05) is 18.4 Å². The van der Waals surface area contributed by atoms with Crippen LogP contribution in [0, 0.1) is 0 Å². The summed E-state index contributed by atoms with van der Waals surface area (Å²) < 4.78 is 0. The number of urea groups is 1. The van der Waals surface area contributed by atoms with E-state index in [0.717, 1.165) is 5.56 Å². The average Bonchev–Trinajstić information content (AvgIpc) is 2.26. The molecular weight excluding hydrogens is 208 g/mol. The Balaban J connectivity index is 2.39. The van der Waals surface area contributed by atoms with E-state index in [1.807, 2.05) is 24.4 Å². The summed E-state index contributed by atoms with van der Waals surface area (Å²) in [6.07, 6.45) is 3.36. The van der Waals surface area contributed by atoms with Gasteiger partial charge in [0.1, 0.15) is 0 Å². The van der Waals surface area contributed by atoms with Crippen LogP contribution in [0.5, 0.6) is 0 Å². The van der Waals surface area contributed by atoms with Crippen molar-refractivity contribution in [1.82, 2.24) is 15.6 Å². The van der Waals surface area contributed by atoms with Crippen molar-refractivity contribution in [2.24, 2.45) is 5.73 Å². The quantitative estimate of drug-likeness (QED) is 0.664. The summed E-state index contributed by atoms with van der Waals surface area (Å²) in [6, 6.07) is 2.86. The van der Waals surface area contributed by atoms with Crippen molar-refractivity contribution in [1.29, 1.82) is 0 Å². The molecule has 0 unspecified atom stereocenters. The predicted molar refractivity (Wildman–Crippen MR) is 58.4 cm³/mol. The normalized spacial score (nSPS) is 11.8. The number of nitrogens with two attached hydrogens (primary N) is 1. The van der Waals surface area contributed by atoms with Crippen molar-refractivity contribution in [3.05, 3.63) is 30.1 Å². The molecule has 0 aromatic carbocycles. The molecule has 0 spiro atoms. The molecule has 0 aliphatic rings. The van der Waals surface area contributed by atoms with Gasteiger partial charge in [-0.15, -0.1) is 0 Å². The lowest BCUT2D eigenvalue weighted by Gasteiger charge is -2.12. The molecule has 4 N–H and O–H groups in total. The summed E-state index contributed by atoms with van der Waals surface area (Å²) in [5.74, 6) is -0.451. The molecule has 16 heavy (non-hydrogen) atoms. The number of hydrogen-bond acceptors (Lipinski definition) is 4. The first-order chi connectivity index (χ1) is 7.59. The molecule has 0 aliphatic carbocycles. The zero-order valence-corrected chi connectivity index (χ0v) is 8.93. The molecule has 1 rings (SSSR count). The number of primary amides is 1. The summed E-state index contributed by atoms with van der Waals surface area (Å²) in [7, 11) is 0. The van der Waals surface area contributed by atoms with Crippen LogP contribution in [0.25, 0.3) is 0 Å². The summed E-state index contributed by atoms with van der Waals surface area (Å²) in [6.45, 7) is 1.94. The Morgan fingerprint density at radius 2 is 2.06 bits per heavy atom. The molecule has 6 heteroatoms. The zero-order valence-electron chi connectivity index (χ0n) is 8.93. The monoisotopic (exact) mass is 222 g/mol. The van der Waals surface area contributed by atoms with Crippen LogP contribution in [-0.4, -0.2) is 23.5 Å². The lowest BCUT2D eigenvalue weighted by Crippen LogP contribution is -2.41. The Hall–Kier alpha value is -1.95. The summed E-state index contributed by atoms with van der Waals surface area (Å²) in [5.41, 5.74) is 5.82. The molecule has 1 aromatic rings. The van der Waals surface area contributed by atoms with Crippen LogP contribution in [0.1, 0.15) is 18.5 Å². The van der Waals surface area contributed by atoms with Gasteiger partial charge in [-0.1, -0.05) is 0 Å². The van der Waals surface area contributed by atoms with Crippen LogP contribution in [0.15, 0.2) is 24.5 Å². The lowest BCUT2D eigenvalue weighted by molar-refractivity contribution is -0.119. The lowest BCUT2D eigenvalue weighted by atomic mass is 10.1. The molecule has 3 amide bonds. The van der Waals surface area contributed by atoms with Gasteiger partial charge < -0.3 is 11.1 Å². The SMILES string of the molecule is C[C@@H](NCC(=O)NC(N)=O)c1ccncc1. The Bertz CT molecular complexity index is 366. The average molecular weight is 222 g/mol. The molecule has 6 nitrogen and oxygen atoms in total. The Morgan fingerprint density at radius 3 is 2.62 bits per heavy atom. The number of hydrogen-bond donors (Lipinski definition) is 3. The van der Waals surface area contributed by atoms with Gasteiger partial charge in [0.05, 0.1) is 6.54 Å². The maximum atomic E-state index is 11.1. The molecule has 1 atom stereocenters. The highest BCUT2D eigenvalue weighted by Crippen LogP contribution is 2.09. The van der Waals surface area contributed by atoms with E-state index in [9.17, 15) is 9.59 Å². The zero-order chi connectivity index (χ0) is 12.0. The number of aromatic nitrogens is 1. The highest BCUT2D eigenvalue weighted by atomic mass is 16.2. The van der Waals surface area contributed by atoms with Crippen molar-refractivity contribution in [3.63, 3.8) is 0 Å². The van der Waals surface area contributed by atoms with Gasteiger partial charge in [-0.2, -0.15) is 0 Å². The molecule has 1 aromatic heterocycles. The van der Waals surface area contributed by atoms with Crippen molar-refractivity contribution in [2.75, 3.05) is 6.54 Å². The number of carbonyl (C=O) groups excluding carboxylic acids is 2. The van der Waals surface area contributed by atoms with E-state index < -0.39 is 11.9 Å². The van der Waals surface area contributed by atoms with Gasteiger partial charge >= 0.3 is 6.03 Å². The largest absolute Gasteiger partial charge is 0.351 e. The summed E-state index contributed by atoms with van der Waals surface area (Å²) in [4.78, 5) is 25.4. The standard InChI is InChI=1S/C10H14N4O2/c1-7(8-2-4-12-5-3-8)13-6-9(15)14-10(11)16/h2-5,7,13H,6H2,1H3,(H3,11,14,15,16)/t7-/m1/s1. The van der Waals surface area contributed by atoms with Crippen LogP contribution < -0.4 is 16.4 Å². The third-order valence-electron chi connectivity index (χ3n) is 2.04. The predicted octanol–water partition coefficient (Wildman–Crippen LogP) is -0.0729. The summed E-state index contributed by atoms with van der Waals surface area (Å²) in [5, 5.41) is 4.93. The molecule has 0 radical (unpaired) electrons. The van der Waals surface area contributed by atoms with E-state index in [4.69, 9.17) is 5.73 Å². The Kier molecular flexibility index (Phi) is 4.41. The second-order valence-electron chi connectivity index (χ2n) is 3.30. The van der Waals surface area contributed by atoms with Gasteiger partial charge in [0.2, 0.25) is 5.91 Å². The van der Waals surface area contributed by atoms with Crippen molar-refractivity contribution < 1.29 is 9.59 Å². The molecule has 0 bridgehead atoms. The van der Waals surface area contributed by atoms with Gasteiger partial charge in [0.25, 0.3) is 0 Å². The van der Waals surface area contributed by atoms with Crippen LogP contribution in [0.4, 0.5) is 4.79 Å². The van der Waals surface area contributed by atoms with E-state index >= 15 is 0 Å². The minimum Gasteiger partial charge on any atom is -0.351 e. The topological polar surface area (TPSA) is 97.1 Å². The van der Waals surface area contributed by atoms with E-state index in [0.29, 0.717) is 0 Å². The fourth-order valence-electron chi connectivity index (χ4n) is 1.20. The van der Waals surface area contributed by atoms with E-state index in [-0.39, 0.29) is 12.6 Å². The van der Waals surface area contributed by atoms with Gasteiger partial charge in [-0.25, -0.2) is 4.79 Å². The number of nitrogens with zero attached hydrogens (tertiary/aromatic N) is 1. The van der Waals surface area contributed by atoms with Crippen molar-refractivity contribution >= 4 is 11.9 Å². The highest BCUT2D eigenvalue weighted by Gasteiger charge is 2.08. The van der Waals surface area contributed by atoms with Crippen molar-refractivity contribution in [2.45, 2.75) is 13.0 Å². The highest BCUT2D eigenvalue weighted by molar-refractivity contribution is 5.94. The van der Waals surface area contributed by atoms with E-state index in [1.54, 1.807) is 12.4 Å². The van der Waals surface area contributed by atoms with Crippen molar-refractivity contribution in [3.8, 4) is 0 Å². The van der Waals surface area contributed by atoms with Gasteiger partial charge in [-0.05, 0) is 24.6 Å². The fraction of sp³-hybridized carbons (Fsp3) is 0.300. The number of pyridine rings is 1. The van der Waals surface area contributed by atoms with E-state index in [1.165, 1.54) is 0 Å². The third kappa shape index (κ3) is 4.05. The van der Waals surface area contributed by atoms with E-state index in [2.05, 4.69) is 10.3 Å². The second-order valence-corrected chi connectivity index (χ2v) is 3.30. The Labute approximate surface area is 93.2 Å².